The van der Waals surface area contributed by atoms with Crippen LogP contribution in [0.25, 0.3) is 17.2 Å². The molecular weight excluding hydrogens is 757 g/mol. The number of hydrogen-bond donors (Lipinski definition) is 0. The van der Waals surface area contributed by atoms with Crippen molar-refractivity contribution in [2.45, 2.75) is 42.9 Å². The van der Waals surface area contributed by atoms with Crippen molar-refractivity contribution < 1.29 is 0 Å². The van der Waals surface area contributed by atoms with Crippen molar-refractivity contribution in [3.63, 3.8) is 0 Å². The largest absolute Gasteiger partial charge is 0.0622 e. The molecule has 1 unspecified atom stereocenters. The Kier molecular flexibility index (Phi) is 10.4. The Hall–Kier alpha value is -7.28. The van der Waals surface area contributed by atoms with Crippen LogP contribution in [0.2, 0.25) is 0 Å². The molecule has 63 heavy (non-hydrogen) atoms. The van der Waals surface area contributed by atoms with Gasteiger partial charge in [-0.25, -0.2) is 0 Å². The van der Waals surface area contributed by atoms with Crippen LogP contribution in [0.4, 0.5) is 0 Å². The topological polar surface area (TPSA) is 0 Å². The highest BCUT2D eigenvalue weighted by Crippen LogP contribution is 2.65. The van der Waals surface area contributed by atoms with Gasteiger partial charge in [0.2, 0.25) is 0 Å². The minimum Gasteiger partial charge on any atom is -0.0622 e. The molecule has 0 spiro atoms. The van der Waals surface area contributed by atoms with Gasteiger partial charge >= 0.3 is 0 Å². The first-order chi connectivity index (χ1) is 31.2. The van der Waals surface area contributed by atoms with Gasteiger partial charge in [-0.15, -0.1) is 0 Å². The normalized spacial score (nSPS) is 14.2. The molecule has 0 fully saturated rings. The first-order valence-corrected chi connectivity index (χ1v) is 22.6. The monoisotopic (exact) mass is 806 g/mol. The number of hydrogen-bond acceptors (Lipinski definition) is 0. The fraction of sp³-hybridized carbons (Fsp3) is 0.111. The molecule has 2 aliphatic carbocycles. The van der Waals surface area contributed by atoms with E-state index in [2.05, 4.69) is 243 Å². The smallest absolute Gasteiger partial charge is 0.0418 e. The maximum atomic E-state index is 2.58. The van der Waals surface area contributed by atoms with Gasteiger partial charge < -0.3 is 0 Å². The summed E-state index contributed by atoms with van der Waals surface area (Å²) in [7, 11) is 0. The molecule has 0 N–H and O–H groups in total. The van der Waals surface area contributed by atoms with Gasteiger partial charge in [0.15, 0.2) is 0 Å². The van der Waals surface area contributed by atoms with E-state index < -0.39 is 5.41 Å². The molecule has 11 rings (SSSR count). The summed E-state index contributed by atoms with van der Waals surface area (Å²) in [4.78, 5) is 0. The van der Waals surface area contributed by atoms with Crippen molar-refractivity contribution in [3.05, 3.63) is 314 Å². The molecule has 0 aliphatic heterocycles. The summed E-state index contributed by atoms with van der Waals surface area (Å²) in [6, 6.07) is 89.3. The van der Waals surface area contributed by atoms with Gasteiger partial charge in [-0.2, -0.15) is 0 Å². The van der Waals surface area contributed by atoms with Crippen LogP contribution >= 0.6 is 0 Å². The summed E-state index contributed by atoms with van der Waals surface area (Å²) < 4.78 is 0. The molecule has 0 saturated carbocycles. The zero-order valence-corrected chi connectivity index (χ0v) is 35.6. The summed E-state index contributed by atoms with van der Waals surface area (Å²) in [6.07, 6.45) is 6.07. The fourth-order valence-electron chi connectivity index (χ4n) is 11.1. The maximum Gasteiger partial charge on any atom is 0.0418 e. The summed E-state index contributed by atoms with van der Waals surface area (Å²) in [5.74, 6) is 0.0132. The highest BCUT2D eigenvalue weighted by molar-refractivity contribution is 5.83. The van der Waals surface area contributed by atoms with Crippen molar-refractivity contribution in [2.24, 2.45) is 0 Å². The molecule has 0 radical (unpaired) electrons. The van der Waals surface area contributed by atoms with Crippen molar-refractivity contribution in [3.8, 4) is 11.1 Å². The van der Waals surface area contributed by atoms with Gasteiger partial charge in [0.05, 0.1) is 0 Å². The molecule has 9 aromatic carbocycles. The van der Waals surface area contributed by atoms with Gasteiger partial charge in [0, 0.05) is 17.3 Å². The number of rotatable bonds is 12. The lowest BCUT2D eigenvalue weighted by Gasteiger charge is -2.48. The molecule has 0 bridgehead atoms. The molecule has 2 aliphatic rings. The van der Waals surface area contributed by atoms with Crippen LogP contribution in [-0.2, 0) is 31.1 Å². The van der Waals surface area contributed by atoms with Crippen LogP contribution in [0.5, 0.6) is 0 Å². The molecule has 0 heterocycles. The third-order valence-electron chi connectivity index (χ3n) is 13.7. The van der Waals surface area contributed by atoms with Gasteiger partial charge in [0.25, 0.3) is 0 Å². The number of fused-ring (bicyclic) bond motifs is 4. The van der Waals surface area contributed by atoms with Crippen LogP contribution < -0.4 is 0 Å². The van der Waals surface area contributed by atoms with E-state index in [4.69, 9.17) is 0 Å². The highest BCUT2D eigenvalue weighted by atomic mass is 14.6. The second-order valence-corrected chi connectivity index (χ2v) is 17.6. The van der Waals surface area contributed by atoms with E-state index >= 15 is 0 Å². The quantitative estimate of drug-likeness (QED) is 0.115. The standard InChI is InChI=1S/C63H50/c1-7-19-45(20-8-1)37-49-31-34-52-44-53(40-48-25-13-4-14-26-48)61(58(52)41-49)63(54-27-15-5-16-28-54,55-29-17-6-18-30-55)62-59-42-50(38-46-21-9-2-10-22-46)32-35-56(59)57-36-33-51(43-60(57)62)39-47-23-11-3-12-24-47/h1-36,41-44,61-62H,37-40H2. The van der Waals surface area contributed by atoms with Gasteiger partial charge in [0.1, 0.15) is 0 Å². The fourth-order valence-corrected chi connectivity index (χ4v) is 11.1. The molecule has 0 aromatic heterocycles. The zero-order valence-electron chi connectivity index (χ0n) is 35.6. The van der Waals surface area contributed by atoms with E-state index in [1.807, 2.05) is 0 Å². The lowest BCUT2D eigenvalue weighted by Crippen LogP contribution is -2.42. The van der Waals surface area contributed by atoms with E-state index in [0.717, 1.165) is 25.7 Å². The molecule has 0 nitrogen and oxygen atoms in total. The lowest BCUT2D eigenvalue weighted by molar-refractivity contribution is 0.401. The third kappa shape index (κ3) is 7.36. The van der Waals surface area contributed by atoms with E-state index in [-0.39, 0.29) is 11.8 Å². The van der Waals surface area contributed by atoms with Crippen molar-refractivity contribution >= 4 is 6.08 Å². The summed E-state index contributed by atoms with van der Waals surface area (Å²) in [6.45, 7) is 0. The first kappa shape index (κ1) is 38.6. The minimum atomic E-state index is -0.545. The maximum absolute atomic E-state index is 2.58. The Morgan fingerprint density at radius 3 is 1.05 bits per heavy atom. The van der Waals surface area contributed by atoms with E-state index in [9.17, 15) is 0 Å². The number of benzene rings is 9. The Bertz CT molecular complexity index is 2890. The summed E-state index contributed by atoms with van der Waals surface area (Å²) in [5.41, 5.74) is 21.2. The second-order valence-electron chi connectivity index (χ2n) is 17.6. The summed E-state index contributed by atoms with van der Waals surface area (Å²) >= 11 is 0. The molecule has 9 aromatic rings. The SMILES string of the molecule is C1=C(Cc2ccccc2)C(C(c2ccccc2)(c2ccccc2)C2c3cc(Cc4ccccc4)ccc3-c3ccc(Cc4ccccc4)cc32)c2cc(Cc3ccccc3)ccc21. The molecule has 0 heteroatoms. The molecule has 302 valence electrons. The Balaban J connectivity index is 1.21. The Morgan fingerprint density at radius 2 is 0.635 bits per heavy atom. The minimum absolute atomic E-state index is 0.00773. The van der Waals surface area contributed by atoms with Crippen molar-refractivity contribution in [1.29, 1.82) is 0 Å². The Labute approximate surface area is 372 Å². The molecular formula is C63H50. The number of allylic oxidation sites excluding steroid dienone is 1. The van der Waals surface area contributed by atoms with E-state index in [0.29, 0.717) is 0 Å². The van der Waals surface area contributed by atoms with Gasteiger partial charge in [-0.3, -0.25) is 0 Å². The molecule has 0 amide bonds. The second kappa shape index (κ2) is 16.9. The van der Waals surface area contributed by atoms with E-state index in [1.54, 1.807) is 0 Å². The van der Waals surface area contributed by atoms with E-state index in [1.165, 1.54) is 89.0 Å². The first-order valence-electron chi connectivity index (χ1n) is 22.6. The van der Waals surface area contributed by atoms with Crippen LogP contribution in [0, 0.1) is 0 Å². The third-order valence-corrected chi connectivity index (χ3v) is 13.7. The van der Waals surface area contributed by atoms with Crippen molar-refractivity contribution in [2.75, 3.05) is 0 Å². The predicted octanol–water partition coefficient (Wildman–Crippen LogP) is 15.0. The van der Waals surface area contributed by atoms with Crippen molar-refractivity contribution in [1.82, 2.24) is 0 Å². The Morgan fingerprint density at radius 1 is 0.286 bits per heavy atom. The highest BCUT2D eigenvalue weighted by Gasteiger charge is 2.55. The van der Waals surface area contributed by atoms with Gasteiger partial charge in [-0.1, -0.05) is 248 Å². The van der Waals surface area contributed by atoms with Crippen LogP contribution in [0.1, 0.15) is 84.2 Å². The van der Waals surface area contributed by atoms with Crippen LogP contribution in [-0.4, -0.2) is 0 Å². The molecule has 1 atom stereocenters. The van der Waals surface area contributed by atoms with Crippen LogP contribution in [0.15, 0.2) is 242 Å². The van der Waals surface area contributed by atoms with Crippen LogP contribution in [0.3, 0.4) is 0 Å². The zero-order chi connectivity index (χ0) is 42.0. The average molecular weight is 807 g/mol. The molecule has 0 saturated heterocycles. The lowest BCUT2D eigenvalue weighted by atomic mass is 9.53. The summed E-state index contributed by atoms with van der Waals surface area (Å²) in [5, 5.41) is 0. The predicted molar refractivity (Wildman–Crippen MR) is 262 cm³/mol. The van der Waals surface area contributed by atoms with Gasteiger partial charge in [-0.05, 0) is 109 Å². The average Bonchev–Trinajstić information content (AvgIpc) is 3.86.